The molecule has 0 amide bonds. The molecule has 0 aliphatic rings. The molecule has 1 heterocycles. The highest BCUT2D eigenvalue weighted by molar-refractivity contribution is 5.85. The maximum atomic E-state index is 5.45. The van der Waals surface area contributed by atoms with E-state index in [0.29, 0.717) is 12.4 Å². The first-order valence-electron chi connectivity index (χ1n) is 3.49. The van der Waals surface area contributed by atoms with Gasteiger partial charge in [0, 0.05) is 13.1 Å². The molecule has 0 aromatic carbocycles. The molecule has 12 heavy (non-hydrogen) atoms. The van der Waals surface area contributed by atoms with Gasteiger partial charge in [-0.25, -0.2) is 4.98 Å². The third-order valence-electron chi connectivity index (χ3n) is 1.22. The van der Waals surface area contributed by atoms with Gasteiger partial charge in [0.15, 0.2) is 0 Å². The summed E-state index contributed by atoms with van der Waals surface area (Å²) in [5.74, 6) is 1.29. The first-order valence-corrected chi connectivity index (χ1v) is 3.49. The van der Waals surface area contributed by atoms with Crippen molar-refractivity contribution in [3.63, 3.8) is 0 Å². The van der Waals surface area contributed by atoms with Crippen molar-refractivity contribution in [1.29, 1.82) is 0 Å². The Kier molecular flexibility index (Phi) is 5.16. The summed E-state index contributed by atoms with van der Waals surface area (Å²) in [5, 5.41) is 3.02. The first kappa shape index (κ1) is 11.0. The van der Waals surface area contributed by atoms with E-state index in [-0.39, 0.29) is 12.4 Å². The lowest BCUT2D eigenvalue weighted by atomic mass is 10.4. The number of anilines is 2. The van der Waals surface area contributed by atoms with Crippen molar-refractivity contribution in [2.24, 2.45) is 5.73 Å². The lowest BCUT2D eigenvalue weighted by Gasteiger charge is -2.02. The van der Waals surface area contributed by atoms with E-state index in [1.165, 1.54) is 0 Å². The van der Waals surface area contributed by atoms with E-state index in [0.717, 1.165) is 12.4 Å². The van der Waals surface area contributed by atoms with Crippen LogP contribution in [-0.2, 0) is 0 Å². The van der Waals surface area contributed by atoms with Gasteiger partial charge in [-0.1, -0.05) is 6.07 Å². The summed E-state index contributed by atoms with van der Waals surface area (Å²) >= 11 is 0. The number of rotatable bonds is 3. The standard InChI is InChI=1S/C7H12N4.ClH/c8-4-5-10-7-3-1-2-6(9)11-7;/h1-3H,4-5,8H2,(H3,9,10,11);1H. The normalized spacial score (nSPS) is 8.75. The maximum Gasteiger partial charge on any atom is 0.128 e. The smallest absolute Gasteiger partial charge is 0.128 e. The third-order valence-corrected chi connectivity index (χ3v) is 1.22. The van der Waals surface area contributed by atoms with E-state index in [4.69, 9.17) is 11.5 Å². The van der Waals surface area contributed by atoms with Crippen LogP contribution in [0.5, 0.6) is 0 Å². The Bertz CT molecular complexity index is 228. The van der Waals surface area contributed by atoms with Gasteiger partial charge in [0.1, 0.15) is 11.6 Å². The molecule has 0 aliphatic carbocycles. The van der Waals surface area contributed by atoms with Crippen LogP contribution in [-0.4, -0.2) is 18.1 Å². The Morgan fingerprint density at radius 3 is 2.75 bits per heavy atom. The SMILES string of the molecule is Cl.NCCNc1cccc(N)n1. The number of nitrogens with one attached hydrogen (secondary N) is 1. The lowest BCUT2D eigenvalue weighted by molar-refractivity contribution is 1.01. The molecule has 0 radical (unpaired) electrons. The van der Waals surface area contributed by atoms with Crippen molar-refractivity contribution in [2.75, 3.05) is 24.1 Å². The molecule has 1 rings (SSSR count). The average Bonchev–Trinajstić information content (AvgIpc) is 2.01. The number of nitrogens with two attached hydrogens (primary N) is 2. The van der Waals surface area contributed by atoms with Gasteiger partial charge in [-0.15, -0.1) is 12.4 Å². The van der Waals surface area contributed by atoms with Gasteiger partial charge in [0.05, 0.1) is 0 Å². The Balaban J connectivity index is 0.00000121. The van der Waals surface area contributed by atoms with Crippen LogP contribution in [0.15, 0.2) is 18.2 Å². The fourth-order valence-corrected chi connectivity index (χ4v) is 0.750. The Hall–Kier alpha value is -1.00. The number of pyridine rings is 1. The highest BCUT2D eigenvalue weighted by Crippen LogP contribution is 2.04. The number of nitrogen functional groups attached to an aromatic ring is 1. The quantitative estimate of drug-likeness (QED) is 0.644. The highest BCUT2D eigenvalue weighted by Gasteiger charge is 1.90. The molecule has 5 N–H and O–H groups in total. The molecule has 0 spiro atoms. The van der Waals surface area contributed by atoms with Gasteiger partial charge in [0.25, 0.3) is 0 Å². The minimum atomic E-state index is 0. The van der Waals surface area contributed by atoms with Crippen LogP contribution >= 0.6 is 12.4 Å². The minimum Gasteiger partial charge on any atom is -0.384 e. The van der Waals surface area contributed by atoms with Crippen molar-refractivity contribution < 1.29 is 0 Å². The molecule has 0 fully saturated rings. The van der Waals surface area contributed by atoms with Crippen LogP contribution in [0.2, 0.25) is 0 Å². The van der Waals surface area contributed by atoms with Crippen LogP contribution in [0.1, 0.15) is 0 Å². The van der Waals surface area contributed by atoms with Crippen molar-refractivity contribution in [3.05, 3.63) is 18.2 Å². The topological polar surface area (TPSA) is 77.0 Å². The van der Waals surface area contributed by atoms with E-state index in [1.807, 2.05) is 12.1 Å². The predicted molar refractivity (Wildman–Crippen MR) is 53.4 cm³/mol. The van der Waals surface area contributed by atoms with Crippen molar-refractivity contribution >= 4 is 24.0 Å². The lowest BCUT2D eigenvalue weighted by Crippen LogP contribution is -2.13. The minimum absolute atomic E-state index is 0. The molecule has 68 valence electrons. The number of hydrogen-bond donors (Lipinski definition) is 3. The molecule has 1 aromatic heterocycles. The van der Waals surface area contributed by atoms with Crippen LogP contribution in [0.3, 0.4) is 0 Å². The zero-order valence-corrected chi connectivity index (χ0v) is 7.47. The fourth-order valence-electron chi connectivity index (χ4n) is 0.750. The van der Waals surface area contributed by atoms with Crippen LogP contribution < -0.4 is 16.8 Å². The van der Waals surface area contributed by atoms with Gasteiger partial charge in [-0.2, -0.15) is 0 Å². The Morgan fingerprint density at radius 1 is 1.42 bits per heavy atom. The van der Waals surface area contributed by atoms with Crippen molar-refractivity contribution in [3.8, 4) is 0 Å². The number of hydrogen-bond acceptors (Lipinski definition) is 4. The van der Waals surface area contributed by atoms with Gasteiger partial charge < -0.3 is 16.8 Å². The van der Waals surface area contributed by atoms with E-state index in [9.17, 15) is 0 Å². The monoisotopic (exact) mass is 188 g/mol. The summed E-state index contributed by atoms with van der Waals surface area (Å²) in [6, 6.07) is 5.45. The van der Waals surface area contributed by atoms with Crippen LogP contribution in [0.4, 0.5) is 11.6 Å². The summed E-state index contributed by atoms with van der Waals surface area (Å²) < 4.78 is 0. The van der Waals surface area contributed by atoms with E-state index < -0.39 is 0 Å². The molecule has 0 bridgehead atoms. The van der Waals surface area contributed by atoms with E-state index in [1.54, 1.807) is 6.07 Å². The fraction of sp³-hybridized carbons (Fsp3) is 0.286. The average molecular weight is 189 g/mol. The van der Waals surface area contributed by atoms with Gasteiger partial charge in [-0.05, 0) is 12.1 Å². The van der Waals surface area contributed by atoms with Crippen LogP contribution in [0, 0.1) is 0 Å². The predicted octanol–water partition coefficient (Wildman–Crippen LogP) is 0.456. The second-order valence-electron chi connectivity index (χ2n) is 2.16. The highest BCUT2D eigenvalue weighted by atomic mass is 35.5. The zero-order chi connectivity index (χ0) is 8.10. The Morgan fingerprint density at radius 2 is 2.17 bits per heavy atom. The van der Waals surface area contributed by atoms with E-state index in [2.05, 4.69) is 10.3 Å². The molecule has 0 unspecified atom stereocenters. The summed E-state index contributed by atoms with van der Waals surface area (Å²) in [6.45, 7) is 1.31. The molecule has 0 saturated heterocycles. The Labute approximate surface area is 77.8 Å². The first-order chi connectivity index (χ1) is 5.33. The molecule has 1 aromatic rings. The third kappa shape index (κ3) is 3.41. The zero-order valence-electron chi connectivity index (χ0n) is 6.66. The number of halogens is 1. The van der Waals surface area contributed by atoms with Crippen molar-refractivity contribution in [2.45, 2.75) is 0 Å². The van der Waals surface area contributed by atoms with Gasteiger partial charge in [0.2, 0.25) is 0 Å². The van der Waals surface area contributed by atoms with Gasteiger partial charge in [-0.3, -0.25) is 0 Å². The molecular formula is C7H13ClN4. The van der Waals surface area contributed by atoms with Gasteiger partial charge >= 0.3 is 0 Å². The second kappa shape index (κ2) is 5.62. The van der Waals surface area contributed by atoms with Crippen molar-refractivity contribution in [1.82, 2.24) is 4.98 Å². The molecule has 0 saturated carbocycles. The maximum absolute atomic E-state index is 5.45. The molecular weight excluding hydrogens is 176 g/mol. The molecule has 0 aliphatic heterocycles. The van der Waals surface area contributed by atoms with E-state index >= 15 is 0 Å². The largest absolute Gasteiger partial charge is 0.384 e. The van der Waals surface area contributed by atoms with Crippen LogP contribution in [0.25, 0.3) is 0 Å². The number of nitrogens with zero attached hydrogens (tertiary/aromatic N) is 1. The summed E-state index contributed by atoms with van der Waals surface area (Å²) in [5.41, 5.74) is 10.7. The molecule has 5 heteroatoms. The summed E-state index contributed by atoms with van der Waals surface area (Å²) in [7, 11) is 0. The second-order valence-corrected chi connectivity index (χ2v) is 2.16. The molecule has 4 nitrogen and oxygen atoms in total. The summed E-state index contributed by atoms with van der Waals surface area (Å²) in [6.07, 6.45) is 0. The number of aromatic nitrogens is 1. The summed E-state index contributed by atoms with van der Waals surface area (Å²) in [4.78, 5) is 4.02. The molecule has 0 atom stereocenters.